The van der Waals surface area contributed by atoms with Crippen molar-refractivity contribution in [2.45, 2.75) is 43.8 Å². The van der Waals surface area contributed by atoms with E-state index in [4.69, 9.17) is 39.5 Å². The van der Waals surface area contributed by atoms with Gasteiger partial charge in [-0.1, -0.05) is 79.3 Å². The molecule has 0 fully saturated rings. The van der Waals surface area contributed by atoms with Crippen molar-refractivity contribution in [1.82, 2.24) is 0 Å². The summed E-state index contributed by atoms with van der Waals surface area (Å²) < 4.78 is 3.21. The second kappa shape index (κ2) is 9.97. The van der Waals surface area contributed by atoms with Crippen molar-refractivity contribution in [1.29, 1.82) is 0 Å². The van der Waals surface area contributed by atoms with Gasteiger partial charge in [-0.2, -0.15) is 0 Å². The molecule has 1 heterocycles. The SMILES string of the molecule is CCCOC(=O)c1c(NC(=O)C(Cl)(Cl)Cl)sc(C)c1-c1ccc(CCC)cc1. The number of hydrogen-bond acceptors (Lipinski definition) is 4. The van der Waals surface area contributed by atoms with Crippen molar-refractivity contribution in [2.24, 2.45) is 0 Å². The molecule has 1 aromatic carbocycles. The molecule has 2 rings (SSSR count). The number of aryl methyl sites for hydroxylation is 2. The molecule has 152 valence electrons. The minimum absolute atomic E-state index is 0.278. The maximum atomic E-state index is 12.8. The first-order valence-corrected chi connectivity index (χ1v) is 10.9. The third kappa shape index (κ3) is 5.63. The molecular weight excluding hydrogens is 441 g/mol. The van der Waals surface area contributed by atoms with E-state index < -0.39 is 15.7 Å². The molecule has 0 aliphatic carbocycles. The Balaban J connectivity index is 2.51. The van der Waals surface area contributed by atoms with Crippen LogP contribution in [0.3, 0.4) is 0 Å². The van der Waals surface area contributed by atoms with Crippen LogP contribution in [0.2, 0.25) is 0 Å². The molecule has 2 aromatic rings. The summed E-state index contributed by atoms with van der Waals surface area (Å²) in [6.45, 7) is 6.19. The van der Waals surface area contributed by atoms with Gasteiger partial charge in [0.25, 0.3) is 9.70 Å². The molecular formula is C20H22Cl3NO3S. The lowest BCUT2D eigenvalue weighted by Crippen LogP contribution is -2.27. The van der Waals surface area contributed by atoms with Crippen LogP contribution in [0.25, 0.3) is 11.1 Å². The number of alkyl halides is 3. The van der Waals surface area contributed by atoms with Gasteiger partial charge in [0.2, 0.25) is 0 Å². The molecule has 1 aromatic heterocycles. The number of thiophene rings is 1. The second-order valence-corrected chi connectivity index (χ2v) is 9.78. The number of hydrogen-bond donors (Lipinski definition) is 1. The lowest BCUT2D eigenvalue weighted by molar-refractivity contribution is -0.115. The van der Waals surface area contributed by atoms with Gasteiger partial charge >= 0.3 is 5.97 Å². The molecule has 0 saturated heterocycles. The monoisotopic (exact) mass is 461 g/mol. The summed E-state index contributed by atoms with van der Waals surface area (Å²) in [4.78, 5) is 25.8. The quantitative estimate of drug-likeness (QED) is 0.375. The van der Waals surface area contributed by atoms with Crippen molar-refractivity contribution in [3.63, 3.8) is 0 Å². The summed E-state index contributed by atoms with van der Waals surface area (Å²) in [5.74, 6) is -1.34. The predicted octanol–water partition coefficient (Wildman–Crippen LogP) is 6.55. The normalized spacial score (nSPS) is 11.4. The zero-order valence-corrected chi connectivity index (χ0v) is 19.0. The highest BCUT2D eigenvalue weighted by atomic mass is 35.6. The number of rotatable bonds is 7. The molecule has 0 aliphatic rings. The van der Waals surface area contributed by atoms with Gasteiger partial charge in [-0.3, -0.25) is 4.79 Å². The summed E-state index contributed by atoms with van der Waals surface area (Å²) in [6.07, 6.45) is 2.73. The second-order valence-electron chi connectivity index (χ2n) is 6.27. The van der Waals surface area contributed by atoms with E-state index in [0.29, 0.717) is 17.0 Å². The minimum atomic E-state index is -2.13. The van der Waals surface area contributed by atoms with Crippen molar-refractivity contribution >= 4 is 63.0 Å². The number of carbonyl (C=O) groups is 2. The molecule has 28 heavy (non-hydrogen) atoms. The summed E-state index contributed by atoms with van der Waals surface area (Å²) in [5.41, 5.74) is 3.08. The molecule has 0 atom stereocenters. The molecule has 4 nitrogen and oxygen atoms in total. The predicted molar refractivity (Wildman–Crippen MR) is 118 cm³/mol. The summed E-state index contributed by atoms with van der Waals surface area (Å²) in [7, 11) is 0. The summed E-state index contributed by atoms with van der Waals surface area (Å²) in [5, 5.41) is 2.86. The first-order chi connectivity index (χ1) is 13.2. The average molecular weight is 463 g/mol. The molecule has 8 heteroatoms. The van der Waals surface area contributed by atoms with E-state index in [0.717, 1.165) is 23.3 Å². The fraction of sp³-hybridized carbons (Fsp3) is 0.400. The molecule has 0 aliphatic heterocycles. The van der Waals surface area contributed by atoms with E-state index in [9.17, 15) is 9.59 Å². The van der Waals surface area contributed by atoms with Crippen LogP contribution < -0.4 is 5.32 Å². The highest BCUT2D eigenvalue weighted by Crippen LogP contribution is 2.41. The van der Waals surface area contributed by atoms with Gasteiger partial charge < -0.3 is 10.1 Å². The van der Waals surface area contributed by atoms with Crippen LogP contribution in [0, 0.1) is 6.92 Å². The Morgan fingerprint density at radius 2 is 1.75 bits per heavy atom. The van der Waals surface area contributed by atoms with E-state index in [1.54, 1.807) is 0 Å². The first kappa shape index (κ1) is 23.0. The standard InChI is InChI=1S/C20H22Cl3NO3S/c1-4-6-13-7-9-14(10-8-13)15-12(3)28-17(24-19(26)20(21,22)23)16(15)18(25)27-11-5-2/h7-10H,4-6,11H2,1-3H3,(H,24,26). The smallest absolute Gasteiger partial charge is 0.341 e. The highest BCUT2D eigenvalue weighted by Gasteiger charge is 2.33. The topological polar surface area (TPSA) is 55.4 Å². The maximum absolute atomic E-state index is 12.8. The Morgan fingerprint density at radius 3 is 2.29 bits per heavy atom. The number of ether oxygens (including phenoxy) is 1. The van der Waals surface area contributed by atoms with Crippen molar-refractivity contribution in [3.05, 3.63) is 40.3 Å². The highest BCUT2D eigenvalue weighted by molar-refractivity contribution is 7.17. The third-order valence-electron chi connectivity index (χ3n) is 3.99. The molecule has 1 N–H and O–H groups in total. The van der Waals surface area contributed by atoms with Crippen molar-refractivity contribution in [3.8, 4) is 11.1 Å². The number of benzene rings is 1. The Kier molecular flexibility index (Phi) is 8.19. The zero-order valence-electron chi connectivity index (χ0n) is 15.9. The van der Waals surface area contributed by atoms with Gasteiger partial charge in [0.15, 0.2) is 0 Å². The van der Waals surface area contributed by atoms with Gasteiger partial charge in [-0.25, -0.2) is 4.79 Å². The number of carbonyl (C=O) groups excluding carboxylic acids is 2. The van der Waals surface area contributed by atoms with Crippen LogP contribution in [0.5, 0.6) is 0 Å². The number of anilines is 1. The maximum Gasteiger partial charge on any atom is 0.341 e. The number of amides is 1. The average Bonchev–Trinajstić information content (AvgIpc) is 2.95. The van der Waals surface area contributed by atoms with Crippen LogP contribution in [-0.2, 0) is 16.0 Å². The Bertz CT molecular complexity index is 842. The fourth-order valence-corrected chi connectivity index (χ4v) is 3.94. The van der Waals surface area contributed by atoms with E-state index in [2.05, 4.69) is 12.2 Å². The van der Waals surface area contributed by atoms with Crippen molar-refractivity contribution in [2.75, 3.05) is 11.9 Å². The number of halogens is 3. The van der Waals surface area contributed by atoms with Gasteiger partial charge in [0.1, 0.15) is 10.6 Å². The zero-order chi connectivity index (χ0) is 20.9. The third-order valence-corrected chi connectivity index (χ3v) is 5.53. The van der Waals surface area contributed by atoms with Crippen LogP contribution in [0.15, 0.2) is 24.3 Å². The number of nitrogens with one attached hydrogen (secondary N) is 1. The van der Waals surface area contributed by atoms with Gasteiger partial charge in [0.05, 0.1) is 6.61 Å². The Labute approximate surface area is 184 Å². The van der Waals surface area contributed by atoms with Gasteiger partial charge in [-0.15, -0.1) is 11.3 Å². The van der Waals surface area contributed by atoms with Crippen LogP contribution in [0.1, 0.15) is 47.5 Å². The first-order valence-electron chi connectivity index (χ1n) is 8.97. The molecule has 0 spiro atoms. The lowest BCUT2D eigenvalue weighted by Gasteiger charge is -2.13. The lowest BCUT2D eigenvalue weighted by atomic mass is 9.99. The minimum Gasteiger partial charge on any atom is -0.462 e. The van der Waals surface area contributed by atoms with E-state index in [-0.39, 0.29) is 12.2 Å². The van der Waals surface area contributed by atoms with Gasteiger partial charge in [0, 0.05) is 10.4 Å². The fourth-order valence-electron chi connectivity index (χ4n) is 2.74. The summed E-state index contributed by atoms with van der Waals surface area (Å²) >= 11 is 18.2. The Hall–Kier alpha value is -1.27. The molecule has 0 saturated carbocycles. The van der Waals surface area contributed by atoms with Gasteiger partial charge in [-0.05, 0) is 30.9 Å². The van der Waals surface area contributed by atoms with E-state index in [1.165, 1.54) is 16.9 Å². The molecule has 1 amide bonds. The van der Waals surface area contributed by atoms with Crippen LogP contribution in [0.4, 0.5) is 5.00 Å². The van der Waals surface area contributed by atoms with E-state index in [1.807, 2.05) is 38.1 Å². The van der Waals surface area contributed by atoms with Crippen LogP contribution >= 0.6 is 46.1 Å². The molecule has 0 bridgehead atoms. The van der Waals surface area contributed by atoms with Crippen LogP contribution in [-0.4, -0.2) is 22.3 Å². The van der Waals surface area contributed by atoms with Crippen molar-refractivity contribution < 1.29 is 14.3 Å². The van der Waals surface area contributed by atoms with E-state index >= 15 is 0 Å². The summed E-state index contributed by atoms with van der Waals surface area (Å²) in [6, 6.07) is 8.02. The Morgan fingerprint density at radius 1 is 1.11 bits per heavy atom. The molecule has 0 unspecified atom stereocenters. The molecule has 0 radical (unpaired) electrons. The largest absolute Gasteiger partial charge is 0.462 e. The number of esters is 1.